The first-order chi connectivity index (χ1) is 5.70. The molecule has 0 bridgehead atoms. The van der Waals surface area contributed by atoms with Gasteiger partial charge in [-0.2, -0.15) is 0 Å². The highest BCUT2D eigenvalue weighted by molar-refractivity contribution is 6.06. The summed E-state index contributed by atoms with van der Waals surface area (Å²) in [7, 11) is 0. The number of Topliss-reactive ketones (excluding diaryl/α,β-unsaturated/α-hetero) is 2. The zero-order valence-electron chi connectivity index (χ0n) is 7.36. The van der Waals surface area contributed by atoms with Crippen LogP contribution >= 0.6 is 0 Å². The summed E-state index contributed by atoms with van der Waals surface area (Å²) in [6, 6.07) is 5.05. The number of ketones is 2. The molecule has 3 nitrogen and oxygen atoms in total. The number of aromatic nitrogens is 1. The first-order valence-electron chi connectivity index (χ1n) is 3.64. The molecule has 3 radical (unpaired) electrons. The minimum absolute atomic E-state index is 0. The fourth-order valence-corrected chi connectivity index (χ4v) is 0.844. The van der Waals surface area contributed by atoms with E-state index in [2.05, 4.69) is 4.98 Å². The molecule has 4 heteroatoms. The largest absolute Gasteiger partial charge is 0.300 e. The minimum atomic E-state index is -0.219. The van der Waals surface area contributed by atoms with Gasteiger partial charge in [0.25, 0.3) is 0 Å². The Labute approximate surface area is 87.3 Å². The Balaban J connectivity index is 0.00000144. The predicted molar refractivity (Wildman–Crippen MR) is 49.6 cm³/mol. The number of nitrogens with zero attached hydrogens (tertiary/aromatic N) is 1. The van der Waals surface area contributed by atoms with E-state index in [1.54, 1.807) is 18.2 Å². The van der Waals surface area contributed by atoms with E-state index in [-0.39, 0.29) is 35.3 Å². The summed E-state index contributed by atoms with van der Waals surface area (Å²) in [5.74, 6) is -0.353. The van der Waals surface area contributed by atoms with Crippen molar-refractivity contribution in [3.63, 3.8) is 0 Å². The van der Waals surface area contributed by atoms with Gasteiger partial charge in [-0.25, -0.2) is 0 Å². The number of pyridine rings is 1. The molecule has 0 spiro atoms. The molecule has 0 N–H and O–H groups in total. The van der Waals surface area contributed by atoms with E-state index >= 15 is 0 Å². The molecule has 1 heterocycles. The quantitative estimate of drug-likeness (QED) is 0.403. The van der Waals surface area contributed by atoms with E-state index in [9.17, 15) is 9.59 Å². The highest BCUT2D eigenvalue weighted by Crippen LogP contribution is 1.98. The lowest BCUT2D eigenvalue weighted by Gasteiger charge is -1.94. The molecule has 1 rings (SSSR count). The molecular weight excluding hydrogens is 181 g/mol. The number of hydrogen-bond acceptors (Lipinski definition) is 3. The second kappa shape index (κ2) is 5.63. The van der Waals surface area contributed by atoms with Crippen molar-refractivity contribution >= 4 is 28.9 Å². The van der Waals surface area contributed by atoms with Crippen molar-refractivity contribution in [1.29, 1.82) is 0 Å². The van der Waals surface area contributed by atoms with Gasteiger partial charge in [0.15, 0.2) is 5.78 Å². The molecule has 0 atom stereocenters. The average Bonchev–Trinajstić information content (AvgIpc) is 2.05. The van der Waals surface area contributed by atoms with Crippen LogP contribution in [0.4, 0.5) is 0 Å². The summed E-state index contributed by atoms with van der Waals surface area (Å²) < 4.78 is 0. The molecule has 65 valence electrons. The van der Waals surface area contributed by atoms with Crippen molar-refractivity contribution in [3.05, 3.63) is 30.1 Å². The van der Waals surface area contributed by atoms with Gasteiger partial charge >= 0.3 is 0 Å². The summed E-state index contributed by atoms with van der Waals surface area (Å²) in [4.78, 5) is 25.6. The molecule has 0 saturated carbocycles. The summed E-state index contributed by atoms with van der Waals surface area (Å²) in [6.45, 7) is 1.39. The van der Waals surface area contributed by atoms with Crippen molar-refractivity contribution in [2.45, 2.75) is 13.3 Å². The highest BCUT2D eigenvalue weighted by atomic mass is 27.0. The molecule has 0 unspecified atom stereocenters. The van der Waals surface area contributed by atoms with E-state index in [4.69, 9.17) is 0 Å². The second-order valence-electron chi connectivity index (χ2n) is 2.52. The molecule has 0 aliphatic heterocycles. The van der Waals surface area contributed by atoms with Gasteiger partial charge in [-0.05, 0) is 19.1 Å². The van der Waals surface area contributed by atoms with Crippen molar-refractivity contribution in [2.24, 2.45) is 0 Å². The maximum Gasteiger partial charge on any atom is 0.188 e. The van der Waals surface area contributed by atoms with E-state index in [1.807, 2.05) is 0 Å². The summed E-state index contributed by atoms with van der Waals surface area (Å²) in [5, 5.41) is 0. The highest BCUT2D eigenvalue weighted by Gasteiger charge is 2.08. The van der Waals surface area contributed by atoms with Gasteiger partial charge < -0.3 is 0 Å². The Hall–Kier alpha value is -0.978. The first kappa shape index (κ1) is 12.0. The monoisotopic (exact) mass is 190 g/mol. The fraction of sp³-hybridized carbons (Fsp3) is 0.222. The molecule has 0 aliphatic rings. The SMILES string of the molecule is CC(=O)CC(=O)c1ccccn1.[Al]. The maximum absolute atomic E-state index is 11.2. The van der Waals surface area contributed by atoms with Crippen molar-refractivity contribution in [3.8, 4) is 0 Å². The van der Waals surface area contributed by atoms with Crippen LogP contribution < -0.4 is 0 Å². The molecule has 0 amide bonds. The molecular formula is C9H9AlNO2. The third-order valence-corrected chi connectivity index (χ3v) is 1.36. The minimum Gasteiger partial charge on any atom is -0.300 e. The molecule has 0 fully saturated rings. The summed E-state index contributed by atoms with van der Waals surface area (Å²) in [6.07, 6.45) is 1.48. The van der Waals surface area contributed by atoms with Crippen LogP contribution in [0.3, 0.4) is 0 Å². The Morgan fingerprint density at radius 1 is 1.38 bits per heavy atom. The Morgan fingerprint density at radius 2 is 2.08 bits per heavy atom. The van der Waals surface area contributed by atoms with E-state index in [1.165, 1.54) is 13.1 Å². The number of carbonyl (C=O) groups is 2. The van der Waals surface area contributed by atoms with Crippen LogP contribution in [0.25, 0.3) is 0 Å². The lowest BCUT2D eigenvalue weighted by atomic mass is 10.1. The molecule has 1 aromatic rings. The standard InChI is InChI=1S/C9H9NO2.Al/c1-7(11)6-9(12)8-4-2-3-5-10-8;/h2-5H,6H2,1H3;. The van der Waals surface area contributed by atoms with Crippen LogP contribution in [0.1, 0.15) is 23.8 Å². The number of carbonyl (C=O) groups excluding carboxylic acids is 2. The average molecular weight is 190 g/mol. The van der Waals surface area contributed by atoms with Gasteiger partial charge in [-0.3, -0.25) is 14.6 Å². The summed E-state index contributed by atoms with van der Waals surface area (Å²) >= 11 is 0. The van der Waals surface area contributed by atoms with E-state index < -0.39 is 0 Å². The fourth-order valence-electron chi connectivity index (χ4n) is 0.844. The van der Waals surface area contributed by atoms with Gasteiger partial charge in [-0.1, -0.05) is 6.07 Å². The molecule has 1 aromatic heterocycles. The van der Waals surface area contributed by atoms with Crippen LogP contribution in [0.5, 0.6) is 0 Å². The molecule has 13 heavy (non-hydrogen) atoms. The van der Waals surface area contributed by atoms with Crippen LogP contribution in [0.15, 0.2) is 24.4 Å². The first-order valence-corrected chi connectivity index (χ1v) is 3.64. The molecule has 0 aliphatic carbocycles. The Bertz CT molecular complexity index is 298. The predicted octanol–water partition coefficient (Wildman–Crippen LogP) is 0.863. The van der Waals surface area contributed by atoms with Gasteiger partial charge in [0.05, 0.1) is 6.42 Å². The van der Waals surface area contributed by atoms with Crippen molar-refractivity contribution in [1.82, 2.24) is 4.98 Å². The lowest BCUT2D eigenvalue weighted by molar-refractivity contribution is -0.116. The van der Waals surface area contributed by atoms with Gasteiger partial charge in [0.1, 0.15) is 11.5 Å². The van der Waals surface area contributed by atoms with E-state index in [0.717, 1.165) is 0 Å². The number of rotatable bonds is 3. The van der Waals surface area contributed by atoms with Crippen LogP contribution in [0.2, 0.25) is 0 Å². The third-order valence-electron chi connectivity index (χ3n) is 1.36. The van der Waals surface area contributed by atoms with E-state index in [0.29, 0.717) is 5.69 Å². The molecule has 0 aromatic carbocycles. The lowest BCUT2D eigenvalue weighted by Crippen LogP contribution is -2.06. The van der Waals surface area contributed by atoms with Gasteiger partial charge in [0, 0.05) is 23.6 Å². The third kappa shape index (κ3) is 3.98. The van der Waals surface area contributed by atoms with Gasteiger partial charge in [0.2, 0.25) is 0 Å². The number of hydrogen-bond donors (Lipinski definition) is 0. The van der Waals surface area contributed by atoms with Gasteiger partial charge in [-0.15, -0.1) is 0 Å². The zero-order chi connectivity index (χ0) is 8.97. The molecule has 0 saturated heterocycles. The zero-order valence-corrected chi connectivity index (χ0v) is 8.51. The van der Waals surface area contributed by atoms with Crippen LogP contribution in [-0.2, 0) is 4.79 Å². The Morgan fingerprint density at radius 3 is 2.54 bits per heavy atom. The van der Waals surface area contributed by atoms with Crippen molar-refractivity contribution in [2.75, 3.05) is 0 Å². The Kier molecular flexibility index (Phi) is 5.21. The second-order valence-corrected chi connectivity index (χ2v) is 2.52. The normalized spacial score (nSPS) is 8.69. The smallest absolute Gasteiger partial charge is 0.188 e. The van der Waals surface area contributed by atoms with Crippen molar-refractivity contribution < 1.29 is 9.59 Å². The topological polar surface area (TPSA) is 47.0 Å². The maximum atomic E-state index is 11.2. The summed E-state index contributed by atoms with van der Waals surface area (Å²) in [5.41, 5.74) is 0.354. The van der Waals surface area contributed by atoms with Crippen LogP contribution in [-0.4, -0.2) is 33.9 Å². The van der Waals surface area contributed by atoms with Crippen LogP contribution in [0, 0.1) is 0 Å².